The number of carbonyl (C=O) groups excluding carboxylic acids is 1. The van der Waals surface area contributed by atoms with E-state index in [-0.39, 0.29) is 35.3 Å². The zero-order valence-electron chi connectivity index (χ0n) is 16.0. The van der Waals surface area contributed by atoms with Gasteiger partial charge in [-0.25, -0.2) is 13.1 Å². The molecule has 2 aromatic carbocycles. The van der Waals surface area contributed by atoms with Crippen molar-refractivity contribution in [2.24, 2.45) is 0 Å². The first kappa shape index (κ1) is 21.0. The molecule has 0 radical (unpaired) electrons. The van der Waals surface area contributed by atoms with Crippen LogP contribution in [0, 0.1) is 10.1 Å². The number of benzene rings is 2. The zero-order chi connectivity index (χ0) is 21.7. The number of anilines is 1. The number of rotatable bonds is 8. The molecule has 0 saturated heterocycles. The molecule has 0 aliphatic carbocycles. The highest BCUT2D eigenvalue weighted by Gasteiger charge is 2.18. The largest absolute Gasteiger partial charge is 0.378 e. The summed E-state index contributed by atoms with van der Waals surface area (Å²) < 4.78 is 24.8. The van der Waals surface area contributed by atoms with Crippen molar-refractivity contribution >= 4 is 27.1 Å². The number of nitro groups is 1. The van der Waals surface area contributed by atoms with Gasteiger partial charge in [0.2, 0.25) is 0 Å². The lowest BCUT2D eigenvalue weighted by Gasteiger charge is -2.10. The molecular weight excluding hydrogens is 410 g/mol. The summed E-state index contributed by atoms with van der Waals surface area (Å²) in [5.41, 5.74) is 1.11. The molecule has 0 aliphatic rings. The van der Waals surface area contributed by atoms with Crippen molar-refractivity contribution in [1.29, 1.82) is 0 Å². The van der Waals surface area contributed by atoms with E-state index in [1.807, 2.05) is 0 Å². The van der Waals surface area contributed by atoms with Crippen molar-refractivity contribution in [3.8, 4) is 5.69 Å². The maximum absolute atomic E-state index is 12.2. The van der Waals surface area contributed by atoms with Crippen molar-refractivity contribution in [3.05, 3.63) is 76.6 Å². The van der Waals surface area contributed by atoms with Crippen molar-refractivity contribution in [1.82, 2.24) is 15.1 Å². The fraction of sp³-hybridized carbons (Fsp3) is 0.158. The summed E-state index contributed by atoms with van der Waals surface area (Å²) in [7, 11) is -3.55. The monoisotopic (exact) mass is 429 g/mol. The van der Waals surface area contributed by atoms with Crippen LogP contribution in [0.1, 0.15) is 10.4 Å². The predicted octanol–water partition coefficient (Wildman–Crippen LogP) is 2.03. The molecule has 0 fully saturated rings. The number of hydrogen-bond acceptors (Lipinski definition) is 7. The van der Waals surface area contributed by atoms with E-state index in [9.17, 15) is 23.3 Å². The molecule has 156 valence electrons. The van der Waals surface area contributed by atoms with E-state index in [1.54, 1.807) is 47.4 Å². The van der Waals surface area contributed by atoms with Gasteiger partial charge >= 0.3 is 0 Å². The molecule has 2 N–H and O–H groups in total. The molecule has 3 rings (SSSR count). The highest BCUT2D eigenvalue weighted by atomic mass is 32.2. The third-order valence-corrected chi connectivity index (χ3v) is 5.33. The summed E-state index contributed by atoms with van der Waals surface area (Å²) in [6.45, 7) is 0.431. The van der Waals surface area contributed by atoms with E-state index < -0.39 is 14.8 Å². The molecule has 0 bridgehead atoms. The average molecular weight is 429 g/mol. The molecule has 0 aliphatic heterocycles. The van der Waals surface area contributed by atoms with Crippen molar-refractivity contribution in [2.75, 3.05) is 24.7 Å². The zero-order valence-corrected chi connectivity index (χ0v) is 16.8. The minimum absolute atomic E-state index is 0.133. The highest BCUT2D eigenvalue weighted by Crippen LogP contribution is 2.27. The molecule has 3 aromatic rings. The van der Waals surface area contributed by atoms with E-state index in [1.165, 1.54) is 12.1 Å². The SMILES string of the molecule is CS(=O)(=O)c1ccc(NCCNC(=O)c2ccc(-n3cccn3)cc2)c([N+](=O)[O-])c1. The maximum Gasteiger partial charge on any atom is 0.293 e. The molecule has 1 heterocycles. The summed E-state index contributed by atoms with van der Waals surface area (Å²) >= 11 is 0. The fourth-order valence-electron chi connectivity index (χ4n) is 2.70. The molecule has 10 nitrogen and oxygen atoms in total. The predicted molar refractivity (Wildman–Crippen MR) is 111 cm³/mol. The molecule has 1 amide bonds. The van der Waals surface area contributed by atoms with E-state index in [0.29, 0.717) is 5.56 Å². The summed E-state index contributed by atoms with van der Waals surface area (Å²) in [5, 5.41) is 20.9. The Morgan fingerprint density at radius 1 is 1.17 bits per heavy atom. The van der Waals surface area contributed by atoms with Crippen LogP contribution in [0.25, 0.3) is 5.69 Å². The second-order valence-corrected chi connectivity index (χ2v) is 8.40. The normalized spacial score (nSPS) is 11.1. The van der Waals surface area contributed by atoms with Crippen molar-refractivity contribution < 1.29 is 18.1 Å². The van der Waals surface area contributed by atoms with Crippen LogP contribution < -0.4 is 10.6 Å². The Bertz CT molecular complexity index is 1160. The van der Waals surface area contributed by atoms with Gasteiger partial charge in [0, 0.05) is 43.4 Å². The number of nitrogens with zero attached hydrogens (tertiary/aromatic N) is 3. The van der Waals surface area contributed by atoms with Gasteiger partial charge in [0.25, 0.3) is 11.6 Å². The number of sulfone groups is 1. The molecular formula is C19H19N5O5S. The van der Waals surface area contributed by atoms with Gasteiger partial charge in [-0.05, 0) is 42.5 Å². The smallest absolute Gasteiger partial charge is 0.293 e. The molecule has 0 unspecified atom stereocenters. The van der Waals surface area contributed by atoms with Gasteiger partial charge in [0.05, 0.1) is 15.5 Å². The Kier molecular flexibility index (Phi) is 6.11. The average Bonchev–Trinajstić information content (AvgIpc) is 3.25. The quantitative estimate of drug-likeness (QED) is 0.318. The topological polar surface area (TPSA) is 136 Å². The number of nitro benzene ring substituents is 1. The fourth-order valence-corrected chi connectivity index (χ4v) is 3.35. The van der Waals surface area contributed by atoms with Gasteiger partial charge in [-0.3, -0.25) is 14.9 Å². The molecule has 0 spiro atoms. The van der Waals surface area contributed by atoms with E-state index in [2.05, 4.69) is 15.7 Å². The Labute approximate surface area is 172 Å². The van der Waals surface area contributed by atoms with Crippen LogP contribution in [0.2, 0.25) is 0 Å². The van der Waals surface area contributed by atoms with Gasteiger partial charge < -0.3 is 10.6 Å². The Hall–Kier alpha value is -3.73. The van der Waals surface area contributed by atoms with Gasteiger partial charge in [0.15, 0.2) is 9.84 Å². The van der Waals surface area contributed by atoms with E-state index in [4.69, 9.17) is 0 Å². The molecule has 30 heavy (non-hydrogen) atoms. The van der Waals surface area contributed by atoms with E-state index >= 15 is 0 Å². The van der Waals surface area contributed by atoms with Crippen LogP contribution in [-0.2, 0) is 9.84 Å². The van der Waals surface area contributed by atoms with Gasteiger partial charge in [0.1, 0.15) is 5.69 Å². The number of amides is 1. The summed E-state index contributed by atoms with van der Waals surface area (Å²) in [6, 6.07) is 12.3. The molecule has 1 aromatic heterocycles. The Morgan fingerprint density at radius 3 is 2.50 bits per heavy atom. The van der Waals surface area contributed by atoms with Crippen molar-refractivity contribution in [2.45, 2.75) is 4.90 Å². The molecule has 11 heteroatoms. The maximum atomic E-state index is 12.2. The standard InChI is InChI=1S/C19H19N5O5S/c1-30(28,29)16-7-8-17(18(13-16)24(26)27)20-10-11-21-19(25)14-3-5-15(6-4-14)23-12-2-9-22-23/h2-9,12-13,20H,10-11H2,1H3,(H,21,25). The Balaban J connectivity index is 1.57. The second-order valence-electron chi connectivity index (χ2n) is 6.39. The highest BCUT2D eigenvalue weighted by molar-refractivity contribution is 7.90. The second kappa shape index (κ2) is 8.74. The third-order valence-electron chi connectivity index (χ3n) is 4.22. The van der Waals surface area contributed by atoms with Gasteiger partial charge in [-0.1, -0.05) is 0 Å². The molecule has 0 atom stereocenters. The first-order valence-electron chi connectivity index (χ1n) is 8.86. The number of hydrogen-bond donors (Lipinski definition) is 2. The van der Waals surface area contributed by atoms with Crippen LogP contribution in [0.4, 0.5) is 11.4 Å². The van der Waals surface area contributed by atoms with Crippen LogP contribution in [0.5, 0.6) is 0 Å². The lowest BCUT2D eigenvalue weighted by molar-refractivity contribution is -0.384. The minimum Gasteiger partial charge on any atom is -0.378 e. The van der Waals surface area contributed by atoms with Crippen LogP contribution >= 0.6 is 0 Å². The van der Waals surface area contributed by atoms with Gasteiger partial charge in [-0.15, -0.1) is 0 Å². The first-order valence-corrected chi connectivity index (χ1v) is 10.8. The first-order chi connectivity index (χ1) is 14.3. The summed E-state index contributed by atoms with van der Waals surface area (Å²) in [6.07, 6.45) is 4.44. The third kappa shape index (κ3) is 5.00. The van der Waals surface area contributed by atoms with Gasteiger partial charge in [-0.2, -0.15) is 5.10 Å². The van der Waals surface area contributed by atoms with Crippen LogP contribution in [-0.4, -0.2) is 48.4 Å². The summed E-state index contributed by atoms with van der Waals surface area (Å²) in [5.74, 6) is -0.286. The minimum atomic E-state index is -3.55. The van der Waals surface area contributed by atoms with Crippen molar-refractivity contribution in [3.63, 3.8) is 0 Å². The number of nitrogens with one attached hydrogen (secondary N) is 2. The lowest BCUT2D eigenvalue weighted by atomic mass is 10.2. The van der Waals surface area contributed by atoms with Crippen LogP contribution in [0.15, 0.2) is 65.8 Å². The van der Waals surface area contributed by atoms with Crippen LogP contribution in [0.3, 0.4) is 0 Å². The number of carbonyl (C=O) groups is 1. The molecule has 0 saturated carbocycles. The lowest BCUT2D eigenvalue weighted by Crippen LogP contribution is -2.28. The Morgan fingerprint density at radius 2 is 1.90 bits per heavy atom. The van der Waals surface area contributed by atoms with E-state index in [0.717, 1.165) is 18.0 Å². The number of aromatic nitrogens is 2. The summed E-state index contributed by atoms with van der Waals surface area (Å²) in [4.78, 5) is 22.7.